The van der Waals surface area contributed by atoms with Crippen molar-refractivity contribution in [1.29, 1.82) is 0 Å². The van der Waals surface area contributed by atoms with Gasteiger partial charge in [0.1, 0.15) is 36.8 Å². The van der Waals surface area contributed by atoms with Gasteiger partial charge in [-0.1, -0.05) is 99.6 Å². The molecule has 1 aliphatic heterocycles. The van der Waals surface area contributed by atoms with Gasteiger partial charge in [-0.3, -0.25) is 14.1 Å². The summed E-state index contributed by atoms with van der Waals surface area (Å²) in [5, 5.41) is 30.6. The number of ether oxygens (including phenoxy) is 4. The summed E-state index contributed by atoms with van der Waals surface area (Å²) >= 11 is 0. The van der Waals surface area contributed by atoms with Crippen LogP contribution in [0.5, 0.6) is 0 Å². The molecule has 0 aliphatic carbocycles. The lowest BCUT2D eigenvalue weighted by molar-refractivity contribution is -0.297. The quantitative estimate of drug-likeness (QED) is 0.0366. The van der Waals surface area contributed by atoms with Crippen molar-refractivity contribution in [2.75, 3.05) is 19.0 Å². The van der Waals surface area contributed by atoms with Crippen molar-refractivity contribution in [3.63, 3.8) is 0 Å². The summed E-state index contributed by atoms with van der Waals surface area (Å²) in [4.78, 5) is 24.9. The van der Waals surface area contributed by atoms with Crippen molar-refractivity contribution >= 4 is 22.1 Å². The number of carbonyl (C=O) groups is 2. The van der Waals surface area contributed by atoms with E-state index in [2.05, 4.69) is 19.9 Å². The Labute approximate surface area is 285 Å². The molecule has 1 rings (SSSR count). The van der Waals surface area contributed by atoms with Crippen LogP contribution in [-0.4, -0.2) is 96.0 Å². The maximum Gasteiger partial charge on any atom is 0.306 e. The third kappa shape index (κ3) is 21.1. The van der Waals surface area contributed by atoms with Crippen LogP contribution >= 0.6 is 0 Å². The SMILES string of the molecule is CC/C=C/C=C/C=C/C=C/C=C/CCCC(=O)OC(COC(=O)CC/C=C/CCCCC)CO[C@H]1O[C@H](CS(=O)(=O)O)[C@@H](O)C(O)C1O. The van der Waals surface area contributed by atoms with E-state index in [1.807, 2.05) is 66.8 Å². The van der Waals surface area contributed by atoms with Gasteiger partial charge in [-0.2, -0.15) is 8.42 Å². The summed E-state index contributed by atoms with van der Waals surface area (Å²) in [5.41, 5.74) is 0. The Morgan fingerprint density at radius 3 is 2.00 bits per heavy atom. The molecule has 0 aromatic heterocycles. The average Bonchev–Trinajstić information content (AvgIpc) is 3.04. The Morgan fingerprint density at radius 2 is 1.35 bits per heavy atom. The minimum absolute atomic E-state index is 0.0567. The number of allylic oxidation sites excluding steroid dienone is 12. The molecule has 1 heterocycles. The number of rotatable bonds is 24. The molecule has 0 spiro atoms. The molecule has 0 saturated carbocycles. The minimum atomic E-state index is -4.61. The molecule has 1 aliphatic rings. The van der Waals surface area contributed by atoms with Crippen LogP contribution in [0.25, 0.3) is 0 Å². The average molecular weight is 699 g/mol. The number of esters is 2. The highest BCUT2D eigenvalue weighted by atomic mass is 32.2. The second kappa shape index (κ2) is 26.0. The van der Waals surface area contributed by atoms with Gasteiger partial charge in [0.05, 0.1) is 6.61 Å². The Hall–Kier alpha value is -2.91. The van der Waals surface area contributed by atoms with Gasteiger partial charge in [-0.05, 0) is 38.5 Å². The van der Waals surface area contributed by atoms with Crippen LogP contribution in [0, 0.1) is 0 Å². The fourth-order valence-corrected chi connectivity index (χ4v) is 5.00. The zero-order chi connectivity index (χ0) is 35.6. The van der Waals surface area contributed by atoms with Crippen molar-refractivity contribution in [2.45, 2.75) is 115 Å². The van der Waals surface area contributed by atoms with E-state index in [0.717, 1.165) is 32.1 Å². The lowest BCUT2D eigenvalue weighted by Gasteiger charge is -2.40. The molecule has 12 nitrogen and oxygen atoms in total. The first kappa shape index (κ1) is 43.1. The first-order valence-electron chi connectivity index (χ1n) is 16.6. The molecular weight excluding hydrogens is 644 g/mol. The second-order valence-corrected chi connectivity index (χ2v) is 12.7. The van der Waals surface area contributed by atoms with Crippen molar-refractivity contribution in [3.8, 4) is 0 Å². The topological polar surface area (TPSA) is 186 Å². The van der Waals surface area contributed by atoms with Crippen LogP contribution in [0.15, 0.2) is 72.9 Å². The lowest BCUT2D eigenvalue weighted by atomic mass is 10.00. The standard InChI is InChI=1S/C35H54O12S/c1-3-5-7-9-11-12-13-14-15-16-18-20-22-24-31(37)46-28(25-44-30(36)23-21-19-17-10-8-6-4-2)26-45-35-34(40)33(39)32(38)29(47-35)27-48(41,42)43/h5,7,9,11-19,28-29,32-35,38-40H,3-4,6,8,10,20-27H2,1-2H3,(H,41,42,43)/b7-5+,11-9+,13-12+,15-14+,18-16+,19-17+/t28?,29-,32-,33?,34?,35+/m1/s1. The molecule has 13 heteroatoms. The van der Waals surface area contributed by atoms with Crippen LogP contribution < -0.4 is 0 Å². The summed E-state index contributed by atoms with van der Waals surface area (Å²) in [6, 6.07) is 0. The van der Waals surface area contributed by atoms with Crippen LogP contribution in [-0.2, 0) is 38.7 Å². The highest BCUT2D eigenvalue weighted by Gasteiger charge is 2.46. The third-order valence-corrected chi connectivity index (χ3v) is 7.66. The molecule has 0 aromatic carbocycles. The van der Waals surface area contributed by atoms with Gasteiger partial charge in [0.2, 0.25) is 0 Å². The molecule has 4 N–H and O–H groups in total. The summed E-state index contributed by atoms with van der Waals surface area (Å²) in [6.07, 6.45) is 20.3. The first-order chi connectivity index (χ1) is 23.0. The maximum absolute atomic E-state index is 12.6. The molecule has 1 fully saturated rings. The largest absolute Gasteiger partial charge is 0.462 e. The molecule has 0 amide bonds. The van der Waals surface area contributed by atoms with Crippen molar-refractivity contribution < 1.29 is 56.8 Å². The van der Waals surface area contributed by atoms with Crippen molar-refractivity contribution in [1.82, 2.24) is 0 Å². The number of aliphatic hydroxyl groups is 3. The van der Waals surface area contributed by atoms with Crippen molar-refractivity contribution in [3.05, 3.63) is 72.9 Å². The van der Waals surface area contributed by atoms with Gasteiger partial charge >= 0.3 is 11.9 Å². The van der Waals surface area contributed by atoms with Crippen LogP contribution in [0.2, 0.25) is 0 Å². The lowest BCUT2D eigenvalue weighted by Crippen LogP contribution is -2.60. The predicted molar refractivity (Wildman–Crippen MR) is 182 cm³/mol. The van der Waals surface area contributed by atoms with Gasteiger partial charge < -0.3 is 34.3 Å². The number of hydrogen-bond acceptors (Lipinski definition) is 11. The van der Waals surface area contributed by atoms with E-state index in [9.17, 15) is 33.3 Å². The molecule has 0 aromatic rings. The Kier molecular flexibility index (Phi) is 23.4. The summed E-state index contributed by atoms with van der Waals surface area (Å²) in [7, 11) is -4.61. The van der Waals surface area contributed by atoms with Gasteiger partial charge in [0.25, 0.3) is 10.1 Å². The molecular formula is C35H54O12S. The van der Waals surface area contributed by atoms with Crippen molar-refractivity contribution in [2.24, 2.45) is 0 Å². The molecule has 6 atom stereocenters. The zero-order valence-corrected chi connectivity index (χ0v) is 28.9. The van der Waals surface area contributed by atoms with Crippen LogP contribution in [0.1, 0.15) is 78.1 Å². The molecule has 0 bridgehead atoms. The third-order valence-electron chi connectivity index (χ3n) is 6.91. The first-order valence-corrected chi connectivity index (χ1v) is 18.2. The number of aliphatic hydroxyl groups excluding tert-OH is 3. The monoisotopic (exact) mass is 698 g/mol. The van der Waals surface area contributed by atoms with E-state index in [4.69, 9.17) is 23.5 Å². The van der Waals surface area contributed by atoms with E-state index < -0.39 is 71.2 Å². The Balaban J connectivity index is 2.69. The van der Waals surface area contributed by atoms with E-state index in [1.165, 1.54) is 0 Å². The van der Waals surface area contributed by atoms with E-state index in [1.54, 1.807) is 0 Å². The second-order valence-electron chi connectivity index (χ2n) is 11.2. The Morgan fingerprint density at radius 1 is 0.729 bits per heavy atom. The van der Waals surface area contributed by atoms with E-state index in [-0.39, 0.29) is 19.4 Å². The smallest absolute Gasteiger partial charge is 0.306 e. The Bertz CT molecular complexity index is 1190. The normalized spacial score (nSPS) is 23.0. The minimum Gasteiger partial charge on any atom is -0.462 e. The maximum atomic E-state index is 12.6. The highest BCUT2D eigenvalue weighted by Crippen LogP contribution is 2.23. The van der Waals surface area contributed by atoms with Gasteiger partial charge in [-0.15, -0.1) is 0 Å². The van der Waals surface area contributed by atoms with Crippen LogP contribution in [0.3, 0.4) is 0 Å². The molecule has 0 radical (unpaired) electrons. The van der Waals surface area contributed by atoms with E-state index in [0.29, 0.717) is 19.3 Å². The highest BCUT2D eigenvalue weighted by molar-refractivity contribution is 7.85. The van der Waals surface area contributed by atoms with Gasteiger partial charge in [0, 0.05) is 12.8 Å². The molecule has 3 unspecified atom stereocenters. The zero-order valence-electron chi connectivity index (χ0n) is 28.0. The molecule has 48 heavy (non-hydrogen) atoms. The van der Waals surface area contributed by atoms with E-state index >= 15 is 0 Å². The molecule has 272 valence electrons. The fraction of sp³-hybridized carbons (Fsp3) is 0.600. The van der Waals surface area contributed by atoms with Gasteiger partial charge in [0.15, 0.2) is 12.4 Å². The summed E-state index contributed by atoms with van der Waals surface area (Å²) in [5.74, 6) is -2.17. The number of carbonyl (C=O) groups excluding carboxylic acids is 2. The number of hydrogen-bond donors (Lipinski definition) is 4. The predicted octanol–water partition coefficient (Wildman–Crippen LogP) is 4.43. The van der Waals surface area contributed by atoms with Gasteiger partial charge in [-0.25, -0.2) is 0 Å². The summed E-state index contributed by atoms with van der Waals surface area (Å²) in [6.45, 7) is 3.37. The summed E-state index contributed by atoms with van der Waals surface area (Å²) < 4.78 is 53.3. The molecule has 1 saturated heterocycles. The van der Waals surface area contributed by atoms with Crippen LogP contribution in [0.4, 0.5) is 0 Å². The fourth-order valence-electron chi connectivity index (χ4n) is 4.31. The number of unbranched alkanes of at least 4 members (excludes halogenated alkanes) is 4.